The number of carbonyl (C=O) groups is 1. The lowest BCUT2D eigenvalue weighted by atomic mass is 9.91. The maximum Gasteiger partial charge on any atom is 0.240 e. The SMILES string of the molecule is CC(C)[C@H]1CN(c2ncccn2)C[C@@H]1NC(=O)C1(N)CC1. The highest BCUT2D eigenvalue weighted by atomic mass is 16.2. The second kappa shape index (κ2) is 5.26. The van der Waals surface area contributed by atoms with E-state index in [1.807, 2.05) is 6.07 Å². The Balaban J connectivity index is 1.71. The van der Waals surface area contributed by atoms with Crippen LogP contribution in [0.2, 0.25) is 0 Å². The van der Waals surface area contributed by atoms with Crippen LogP contribution in [0.5, 0.6) is 0 Å². The van der Waals surface area contributed by atoms with E-state index < -0.39 is 5.54 Å². The van der Waals surface area contributed by atoms with Crippen LogP contribution in [-0.4, -0.2) is 40.5 Å². The third-order valence-electron chi connectivity index (χ3n) is 4.61. The fourth-order valence-corrected chi connectivity index (χ4v) is 2.95. The monoisotopic (exact) mass is 289 g/mol. The lowest BCUT2D eigenvalue weighted by Crippen LogP contribution is -2.50. The summed E-state index contributed by atoms with van der Waals surface area (Å²) in [4.78, 5) is 23.0. The third-order valence-corrected chi connectivity index (χ3v) is 4.61. The minimum atomic E-state index is -0.613. The van der Waals surface area contributed by atoms with Crippen LogP contribution >= 0.6 is 0 Å². The van der Waals surface area contributed by atoms with Gasteiger partial charge in [0.25, 0.3) is 0 Å². The first-order valence-corrected chi connectivity index (χ1v) is 7.61. The number of nitrogens with one attached hydrogen (secondary N) is 1. The van der Waals surface area contributed by atoms with Crippen molar-refractivity contribution in [1.82, 2.24) is 15.3 Å². The molecule has 2 aliphatic rings. The number of hydrogen-bond donors (Lipinski definition) is 2. The zero-order chi connectivity index (χ0) is 15.0. The molecule has 1 aromatic heterocycles. The number of aromatic nitrogens is 2. The summed E-state index contributed by atoms with van der Waals surface area (Å²) in [6.45, 7) is 5.99. The molecule has 1 aliphatic heterocycles. The number of hydrogen-bond acceptors (Lipinski definition) is 5. The highest BCUT2D eigenvalue weighted by molar-refractivity contribution is 5.89. The van der Waals surface area contributed by atoms with Gasteiger partial charge in [-0.15, -0.1) is 0 Å². The molecule has 114 valence electrons. The maximum absolute atomic E-state index is 12.2. The summed E-state index contributed by atoms with van der Waals surface area (Å²) in [7, 11) is 0. The number of nitrogens with two attached hydrogens (primary N) is 1. The number of nitrogens with zero attached hydrogens (tertiary/aromatic N) is 3. The summed E-state index contributed by atoms with van der Waals surface area (Å²) in [5.41, 5.74) is 5.37. The Morgan fingerprint density at radius 1 is 1.38 bits per heavy atom. The van der Waals surface area contributed by atoms with Crippen molar-refractivity contribution in [2.45, 2.75) is 38.3 Å². The van der Waals surface area contributed by atoms with Crippen molar-refractivity contribution in [3.8, 4) is 0 Å². The number of anilines is 1. The van der Waals surface area contributed by atoms with Gasteiger partial charge in [-0.2, -0.15) is 0 Å². The molecular formula is C15H23N5O. The minimum Gasteiger partial charge on any atom is -0.350 e. The normalized spacial score (nSPS) is 27.0. The summed E-state index contributed by atoms with van der Waals surface area (Å²) in [5, 5.41) is 3.15. The molecule has 2 atom stereocenters. The van der Waals surface area contributed by atoms with Crippen molar-refractivity contribution in [2.24, 2.45) is 17.6 Å². The van der Waals surface area contributed by atoms with Gasteiger partial charge in [0.15, 0.2) is 0 Å². The van der Waals surface area contributed by atoms with Gasteiger partial charge in [0, 0.05) is 31.4 Å². The van der Waals surface area contributed by atoms with E-state index in [0.717, 1.165) is 31.9 Å². The Hall–Kier alpha value is -1.69. The van der Waals surface area contributed by atoms with Crippen LogP contribution < -0.4 is 16.0 Å². The number of amides is 1. The molecule has 3 N–H and O–H groups in total. The molecule has 6 heteroatoms. The van der Waals surface area contributed by atoms with Crippen molar-refractivity contribution in [3.63, 3.8) is 0 Å². The molecule has 0 aromatic carbocycles. The van der Waals surface area contributed by atoms with Gasteiger partial charge in [-0.3, -0.25) is 4.79 Å². The zero-order valence-corrected chi connectivity index (χ0v) is 12.6. The lowest BCUT2D eigenvalue weighted by Gasteiger charge is -2.24. The second-order valence-corrected chi connectivity index (χ2v) is 6.60. The van der Waals surface area contributed by atoms with Gasteiger partial charge in [0.05, 0.1) is 11.6 Å². The Bertz CT molecular complexity index is 514. The van der Waals surface area contributed by atoms with E-state index in [-0.39, 0.29) is 11.9 Å². The molecule has 0 spiro atoms. The van der Waals surface area contributed by atoms with E-state index in [1.165, 1.54) is 0 Å². The van der Waals surface area contributed by atoms with Crippen LogP contribution in [0.25, 0.3) is 0 Å². The van der Waals surface area contributed by atoms with Gasteiger partial charge in [-0.1, -0.05) is 13.8 Å². The van der Waals surface area contributed by atoms with Crippen LogP contribution in [0.3, 0.4) is 0 Å². The molecule has 1 saturated carbocycles. The van der Waals surface area contributed by atoms with Crippen LogP contribution in [0, 0.1) is 11.8 Å². The van der Waals surface area contributed by atoms with E-state index >= 15 is 0 Å². The molecule has 21 heavy (non-hydrogen) atoms. The number of carbonyl (C=O) groups excluding carboxylic acids is 1. The van der Waals surface area contributed by atoms with Gasteiger partial charge in [0.2, 0.25) is 11.9 Å². The first-order chi connectivity index (χ1) is 9.99. The minimum absolute atomic E-state index is 0.00557. The van der Waals surface area contributed by atoms with Gasteiger partial charge < -0.3 is 16.0 Å². The van der Waals surface area contributed by atoms with Crippen molar-refractivity contribution < 1.29 is 4.79 Å². The molecule has 1 aromatic rings. The van der Waals surface area contributed by atoms with E-state index in [2.05, 4.69) is 34.0 Å². The molecule has 6 nitrogen and oxygen atoms in total. The summed E-state index contributed by atoms with van der Waals surface area (Å²) < 4.78 is 0. The lowest BCUT2D eigenvalue weighted by molar-refractivity contribution is -0.124. The van der Waals surface area contributed by atoms with Gasteiger partial charge >= 0.3 is 0 Å². The fourth-order valence-electron chi connectivity index (χ4n) is 2.95. The van der Waals surface area contributed by atoms with Gasteiger partial charge in [-0.05, 0) is 24.8 Å². The topological polar surface area (TPSA) is 84.1 Å². The van der Waals surface area contributed by atoms with Crippen molar-refractivity contribution in [3.05, 3.63) is 18.5 Å². The highest BCUT2D eigenvalue weighted by Gasteiger charge is 2.48. The molecule has 1 amide bonds. The first kappa shape index (κ1) is 14.3. The Kier molecular flexibility index (Phi) is 3.57. The zero-order valence-electron chi connectivity index (χ0n) is 12.6. The summed E-state index contributed by atoms with van der Waals surface area (Å²) in [6.07, 6.45) is 5.09. The molecule has 2 heterocycles. The Labute approximate surface area is 125 Å². The van der Waals surface area contributed by atoms with Crippen LogP contribution in [0.15, 0.2) is 18.5 Å². The third kappa shape index (κ3) is 2.85. The van der Waals surface area contributed by atoms with Gasteiger partial charge in [0.1, 0.15) is 0 Å². The van der Waals surface area contributed by atoms with Crippen molar-refractivity contribution in [1.29, 1.82) is 0 Å². The smallest absolute Gasteiger partial charge is 0.240 e. The maximum atomic E-state index is 12.2. The van der Waals surface area contributed by atoms with E-state index in [9.17, 15) is 4.79 Å². The Morgan fingerprint density at radius 3 is 2.62 bits per heavy atom. The van der Waals surface area contributed by atoms with E-state index in [4.69, 9.17) is 5.73 Å². The molecule has 2 fully saturated rings. The summed E-state index contributed by atoms with van der Waals surface area (Å²) in [5.74, 6) is 1.60. The van der Waals surface area contributed by atoms with Crippen molar-refractivity contribution in [2.75, 3.05) is 18.0 Å². The predicted molar refractivity (Wildman–Crippen MR) is 80.7 cm³/mol. The second-order valence-electron chi connectivity index (χ2n) is 6.60. The fraction of sp³-hybridized carbons (Fsp3) is 0.667. The molecule has 3 rings (SSSR count). The van der Waals surface area contributed by atoms with Crippen molar-refractivity contribution >= 4 is 11.9 Å². The summed E-state index contributed by atoms with van der Waals surface area (Å²) >= 11 is 0. The average Bonchev–Trinajstić information content (AvgIpc) is 3.08. The first-order valence-electron chi connectivity index (χ1n) is 7.61. The molecule has 0 radical (unpaired) electrons. The summed E-state index contributed by atoms with van der Waals surface area (Å²) in [6, 6.07) is 1.92. The largest absolute Gasteiger partial charge is 0.350 e. The molecule has 1 aliphatic carbocycles. The van der Waals surface area contributed by atoms with E-state index in [0.29, 0.717) is 11.8 Å². The molecular weight excluding hydrogens is 266 g/mol. The predicted octanol–water partition coefficient (Wildman–Crippen LogP) is 0.545. The van der Waals surface area contributed by atoms with Crippen LogP contribution in [-0.2, 0) is 4.79 Å². The highest BCUT2D eigenvalue weighted by Crippen LogP contribution is 2.33. The standard InChI is InChI=1S/C15H23N5O/c1-10(2)11-8-20(14-17-6-3-7-18-14)9-12(11)19-13(21)15(16)4-5-15/h3,6-7,10-12H,4-5,8-9,16H2,1-2H3,(H,19,21)/t11-,12+/m1/s1. The number of rotatable bonds is 4. The quantitative estimate of drug-likeness (QED) is 0.845. The van der Waals surface area contributed by atoms with Crippen LogP contribution in [0.1, 0.15) is 26.7 Å². The van der Waals surface area contributed by atoms with Gasteiger partial charge in [-0.25, -0.2) is 9.97 Å². The Morgan fingerprint density at radius 2 is 2.05 bits per heavy atom. The molecule has 0 bridgehead atoms. The molecule has 1 saturated heterocycles. The average molecular weight is 289 g/mol. The van der Waals surface area contributed by atoms with E-state index in [1.54, 1.807) is 12.4 Å². The van der Waals surface area contributed by atoms with Crippen LogP contribution in [0.4, 0.5) is 5.95 Å². The molecule has 0 unspecified atom stereocenters.